The highest BCUT2D eigenvalue weighted by atomic mass is 127. The van der Waals surface area contributed by atoms with Gasteiger partial charge in [0, 0.05) is 37.3 Å². The number of rotatable bonds is 7. The number of nitrogens with one attached hydrogen (secondary N) is 2. The number of hydrogen-bond donors (Lipinski definition) is 2. The van der Waals surface area contributed by atoms with Crippen molar-refractivity contribution in [3.05, 3.63) is 42.1 Å². The molecule has 1 aliphatic heterocycles. The third-order valence-electron chi connectivity index (χ3n) is 5.32. The summed E-state index contributed by atoms with van der Waals surface area (Å²) in [4.78, 5) is 11.9. The summed E-state index contributed by atoms with van der Waals surface area (Å²) < 4.78 is 0. The van der Waals surface area contributed by atoms with Crippen molar-refractivity contribution in [1.82, 2.24) is 20.5 Å². The third-order valence-corrected chi connectivity index (χ3v) is 5.32. The Balaban J connectivity index is 0.00000280. The molecule has 0 spiro atoms. The molecule has 5 nitrogen and oxygen atoms in total. The van der Waals surface area contributed by atoms with Gasteiger partial charge in [0.05, 0.1) is 12.1 Å². The molecule has 2 N–H and O–H groups in total. The van der Waals surface area contributed by atoms with Crippen molar-refractivity contribution >= 4 is 40.8 Å². The molecule has 0 amide bonds. The molecule has 1 saturated heterocycles. The van der Waals surface area contributed by atoms with Crippen molar-refractivity contribution in [2.75, 3.05) is 26.2 Å². The van der Waals surface area contributed by atoms with Gasteiger partial charge >= 0.3 is 0 Å². The van der Waals surface area contributed by atoms with E-state index in [9.17, 15) is 0 Å². The van der Waals surface area contributed by atoms with E-state index in [4.69, 9.17) is 4.99 Å². The first kappa shape index (κ1) is 22.9. The Hall–Kier alpha value is -1.41. The highest BCUT2D eigenvalue weighted by Crippen LogP contribution is 2.17. The normalized spacial score (nSPS) is 17.9. The van der Waals surface area contributed by atoms with E-state index < -0.39 is 0 Å². The molecule has 1 aromatic carbocycles. The fourth-order valence-electron chi connectivity index (χ4n) is 3.78. The van der Waals surface area contributed by atoms with Crippen molar-refractivity contribution < 1.29 is 0 Å². The highest BCUT2D eigenvalue weighted by molar-refractivity contribution is 14.0. The van der Waals surface area contributed by atoms with Crippen molar-refractivity contribution in [3.8, 4) is 0 Å². The molecule has 154 valence electrons. The predicted octanol–water partition coefficient (Wildman–Crippen LogP) is 4.17. The Kier molecular flexibility index (Phi) is 9.98. The lowest BCUT2D eigenvalue weighted by Gasteiger charge is -2.33. The fraction of sp³-hybridized carbons (Fsp3) is 0.545. The molecule has 0 bridgehead atoms. The molecule has 6 heteroatoms. The summed E-state index contributed by atoms with van der Waals surface area (Å²) in [6.45, 7) is 9.32. The minimum atomic E-state index is 0. The number of guanidine groups is 1. The summed E-state index contributed by atoms with van der Waals surface area (Å²) in [5.41, 5.74) is 2.20. The monoisotopic (exact) mass is 495 g/mol. The molecule has 2 heterocycles. The number of piperidine rings is 1. The topological polar surface area (TPSA) is 52.6 Å². The van der Waals surface area contributed by atoms with Gasteiger partial charge in [0.25, 0.3) is 0 Å². The summed E-state index contributed by atoms with van der Waals surface area (Å²) >= 11 is 0. The van der Waals surface area contributed by atoms with Crippen LogP contribution in [0.1, 0.15) is 45.1 Å². The number of nitrogens with zero attached hydrogens (tertiary/aromatic N) is 3. The number of halogens is 1. The SMILES string of the molecule is CCNC(=NCc1cccc2cccnc12)NCCCN1CCCCC1C.I. The van der Waals surface area contributed by atoms with E-state index in [2.05, 4.69) is 58.6 Å². The van der Waals surface area contributed by atoms with Gasteiger partial charge in [0.1, 0.15) is 0 Å². The summed E-state index contributed by atoms with van der Waals surface area (Å²) in [6.07, 6.45) is 7.07. The zero-order valence-corrected chi connectivity index (χ0v) is 19.5. The zero-order chi connectivity index (χ0) is 18.9. The van der Waals surface area contributed by atoms with E-state index in [-0.39, 0.29) is 24.0 Å². The van der Waals surface area contributed by atoms with E-state index in [0.717, 1.165) is 42.6 Å². The Labute approximate surface area is 186 Å². The number of fused-ring (bicyclic) bond motifs is 1. The fourth-order valence-corrected chi connectivity index (χ4v) is 3.78. The van der Waals surface area contributed by atoms with E-state index in [0.29, 0.717) is 6.54 Å². The molecule has 3 rings (SSSR count). The lowest BCUT2D eigenvalue weighted by Crippen LogP contribution is -2.41. The summed E-state index contributed by atoms with van der Waals surface area (Å²) in [5.74, 6) is 0.886. The van der Waals surface area contributed by atoms with Crippen LogP contribution in [0.3, 0.4) is 0 Å². The van der Waals surface area contributed by atoms with Crippen LogP contribution in [0.25, 0.3) is 10.9 Å². The van der Waals surface area contributed by atoms with E-state index in [1.807, 2.05) is 12.3 Å². The lowest BCUT2D eigenvalue weighted by atomic mass is 10.0. The van der Waals surface area contributed by atoms with Gasteiger partial charge in [-0.1, -0.05) is 30.7 Å². The Morgan fingerprint density at radius 3 is 2.89 bits per heavy atom. The van der Waals surface area contributed by atoms with Gasteiger partial charge in [0.2, 0.25) is 0 Å². The van der Waals surface area contributed by atoms with Crippen molar-refractivity contribution in [3.63, 3.8) is 0 Å². The van der Waals surface area contributed by atoms with Crippen molar-refractivity contribution in [2.45, 2.75) is 52.1 Å². The van der Waals surface area contributed by atoms with Gasteiger partial charge in [-0.3, -0.25) is 4.98 Å². The number of hydrogen-bond acceptors (Lipinski definition) is 3. The van der Waals surface area contributed by atoms with Crippen LogP contribution in [0.15, 0.2) is 41.5 Å². The maximum Gasteiger partial charge on any atom is 0.191 e. The van der Waals surface area contributed by atoms with E-state index >= 15 is 0 Å². The molecular formula is C22H34IN5. The quantitative estimate of drug-likeness (QED) is 0.262. The van der Waals surface area contributed by atoms with Crippen LogP contribution < -0.4 is 10.6 Å². The molecule has 1 aliphatic rings. The average Bonchev–Trinajstić information content (AvgIpc) is 2.70. The van der Waals surface area contributed by atoms with Crippen LogP contribution >= 0.6 is 24.0 Å². The van der Waals surface area contributed by atoms with Gasteiger partial charge < -0.3 is 15.5 Å². The Morgan fingerprint density at radius 1 is 1.21 bits per heavy atom. The van der Waals surface area contributed by atoms with E-state index in [1.54, 1.807) is 0 Å². The summed E-state index contributed by atoms with van der Waals surface area (Å²) in [6, 6.07) is 11.1. The molecule has 1 unspecified atom stereocenters. The Morgan fingerprint density at radius 2 is 2.07 bits per heavy atom. The summed E-state index contributed by atoms with van der Waals surface area (Å²) in [5, 5.41) is 8.00. The van der Waals surface area contributed by atoms with Gasteiger partial charge in [-0.05, 0) is 51.3 Å². The molecule has 0 aliphatic carbocycles. The minimum Gasteiger partial charge on any atom is -0.357 e. The molecule has 28 heavy (non-hydrogen) atoms. The maximum absolute atomic E-state index is 4.77. The van der Waals surface area contributed by atoms with Gasteiger partial charge in [0.15, 0.2) is 5.96 Å². The average molecular weight is 495 g/mol. The van der Waals surface area contributed by atoms with Crippen LogP contribution in [0.4, 0.5) is 0 Å². The molecule has 1 aromatic heterocycles. The second kappa shape index (κ2) is 12.2. The first-order chi connectivity index (χ1) is 13.3. The molecular weight excluding hydrogens is 461 g/mol. The molecule has 0 radical (unpaired) electrons. The van der Waals surface area contributed by atoms with Crippen LogP contribution in [0.2, 0.25) is 0 Å². The first-order valence-corrected chi connectivity index (χ1v) is 10.4. The second-order valence-corrected chi connectivity index (χ2v) is 7.35. The number of likely N-dealkylation sites (tertiary alicyclic amines) is 1. The minimum absolute atomic E-state index is 0. The van der Waals surface area contributed by atoms with Crippen molar-refractivity contribution in [1.29, 1.82) is 0 Å². The number of benzene rings is 1. The number of pyridine rings is 1. The zero-order valence-electron chi connectivity index (χ0n) is 17.2. The Bertz CT molecular complexity index is 743. The number of aromatic nitrogens is 1. The summed E-state index contributed by atoms with van der Waals surface area (Å²) in [7, 11) is 0. The smallest absolute Gasteiger partial charge is 0.191 e. The predicted molar refractivity (Wildman–Crippen MR) is 129 cm³/mol. The largest absolute Gasteiger partial charge is 0.357 e. The number of aliphatic imine (C=N–C) groups is 1. The van der Waals surface area contributed by atoms with Gasteiger partial charge in [-0.2, -0.15) is 0 Å². The highest BCUT2D eigenvalue weighted by Gasteiger charge is 2.17. The van der Waals surface area contributed by atoms with Crippen LogP contribution in [0, 0.1) is 0 Å². The third kappa shape index (κ3) is 6.58. The number of para-hydroxylation sites is 1. The lowest BCUT2D eigenvalue weighted by molar-refractivity contribution is 0.159. The van der Waals surface area contributed by atoms with Crippen molar-refractivity contribution in [2.24, 2.45) is 4.99 Å². The molecule has 1 atom stereocenters. The second-order valence-electron chi connectivity index (χ2n) is 7.35. The van der Waals surface area contributed by atoms with Crippen LogP contribution in [-0.2, 0) is 6.54 Å². The standard InChI is InChI=1S/C22H33N5.HI/c1-3-23-22(25-14-8-16-27-15-5-4-9-18(27)2)26-17-20-11-6-10-19-12-7-13-24-21(19)20;/h6-7,10-13,18H,3-5,8-9,14-17H2,1-2H3,(H2,23,25,26);1H. The van der Waals surface area contributed by atoms with Crippen LogP contribution in [-0.4, -0.2) is 48.1 Å². The maximum atomic E-state index is 4.77. The van der Waals surface area contributed by atoms with Crippen LogP contribution in [0.5, 0.6) is 0 Å². The van der Waals surface area contributed by atoms with Gasteiger partial charge in [-0.15, -0.1) is 24.0 Å². The molecule has 0 saturated carbocycles. The first-order valence-electron chi connectivity index (χ1n) is 10.4. The van der Waals surface area contributed by atoms with E-state index in [1.165, 1.54) is 37.7 Å². The van der Waals surface area contributed by atoms with Gasteiger partial charge in [-0.25, -0.2) is 4.99 Å². The molecule has 1 fully saturated rings. The molecule has 2 aromatic rings.